The SMILES string of the molecule is COC(=O)c1cnc2nc(C)ccc2c1Nc1cc(F)cc(F)c1. The van der Waals surface area contributed by atoms with Crippen molar-refractivity contribution in [3.8, 4) is 0 Å². The van der Waals surface area contributed by atoms with Crippen LogP contribution in [0, 0.1) is 18.6 Å². The molecule has 0 fully saturated rings. The Bertz CT molecular complexity index is 924. The Hall–Kier alpha value is -3.09. The molecule has 2 aromatic heterocycles. The first-order valence-electron chi connectivity index (χ1n) is 7.05. The smallest absolute Gasteiger partial charge is 0.341 e. The number of hydrogen-bond donors (Lipinski definition) is 1. The van der Waals surface area contributed by atoms with Gasteiger partial charge in [-0.3, -0.25) is 0 Å². The molecule has 122 valence electrons. The maximum absolute atomic E-state index is 13.4. The number of pyridine rings is 2. The molecule has 5 nitrogen and oxygen atoms in total. The molecule has 0 unspecified atom stereocenters. The summed E-state index contributed by atoms with van der Waals surface area (Å²) in [6.45, 7) is 1.81. The third-order valence-corrected chi connectivity index (χ3v) is 3.41. The summed E-state index contributed by atoms with van der Waals surface area (Å²) in [7, 11) is 1.24. The molecule has 3 rings (SSSR count). The summed E-state index contributed by atoms with van der Waals surface area (Å²) in [5, 5.41) is 3.41. The van der Waals surface area contributed by atoms with Gasteiger partial charge in [0.05, 0.1) is 12.8 Å². The molecule has 0 aliphatic carbocycles. The van der Waals surface area contributed by atoms with Crippen molar-refractivity contribution in [3.05, 3.63) is 59.4 Å². The quantitative estimate of drug-likeness (QED) is 0.742. The van der Waals surface area contributed by atoms with Gasteiger partial charge in [-0.25, -0.2) is 23.5 Å². The average molecular weight is 329 g/mol. The highest BCUT2D eigenvalue weighted by Gasteiger charge is 2.17. The molecule has 2 heterocycles. The Morgan fingerprint density at radius 2 is 1.88 bits per heavy atom. The summed E-state index contributed by atoms with van der Waals surface area (Å²) in [6.07, 6.45) is 1.32. The van der Waals surface area contributed by atoms with E-state index in [2.05, 4.69) is 15.3 Å². The second-order valence-electron chi connectivity index (χ2n) is 5.15. The summed E-state index contributed by atoms with van der Waals surface area (Å²) in [5.41, 5.74) is 1.78. The van der Waals surface area contributed by atoms with Crippen molar-refractivity contribution in [2.24, 2.45) is 0 Å². The lowest BCUT2D eigenvalue weighted by Gasteiger charge is -2.13. The molecule has 0 aliphatic rings. The van der Waals surface area contributed by atoms with Crippen LogP contribution < -0.4 is 5.32 Å². The Kier molecular flexibility index (Phi) is 4.07. The van der Waals surface area contributed by atoms with E-state index in [0.29, 0.717) is 16.7 Å². The molecule has 0 spiro atoms. The molecule has 0 radical (unpaired) electrons. The second kappa shape index (κ2) is 6.19. The topological polar surface area (TPSA) is 64.1 Å². The van der Waals surface area contributed by atoms with Gasteiger partial charge in [-0.05, 0) is 31.2 Å². The standard InChI is InChI=1S/C17H13F2N3O2/c1-9-3-4-13-15(22-12-6-10(18)5-11(19)7-12)14(17(23)24-2)8-20-16(13)21-9/h3-8H,1-2H3,(H,20,21,22). The lowest BCUT2D eigenvalue weighted by atomic mass is 10.1. The zero-order valence-electron chi connectivity index (χ0n) is 12.9. The molecule has 7 heteroatoms. The molecular formula is C17H13F2N3O2. The van der Waals surface area contributed by atoms with E-state index in [1.807, 2.05) is 6.92 Å². The third-order valence-electron chi connectivity index (χ3n) is 3.41. The van der Waals surface area contributed by atoms with Crippen LogP contribution in [-0.4, -0.2) is 23.0 Å². The third kappa shape index (κ3) is 3.01. The monoisotopic (exact) mass is 329 g/mol. The van der Waals surface area contributed by atoms with Gasteiger partial charge in [0.2, 0.25) is 0 Å². The molecule has 0 saturated carbocycles. The van der Waals surface area contributed by atoms with Crippen molar-refractivity contribution in [3.63, 3.8) is 0 Å². The summed E-state index contributed by atoms with van der Waals surface area (Å²) < 4.78 is 31.6. The molecule has 0 atom stereocenters. The van der Waals surface area contributed by atoms with Gasteiger partial charge in [-0.1, -0.05) is 0 Å². The first-order chi connectivity index (χ1) is 11.5. The van der Waals surface area contributed by atoms with E-state index in [0.717, 1.165) is 23.9 Å². The number of benzene rings is 1. The molecule has 0 bridgehead atoms. The van der Waals surface area contributed by atoms with Crippen LogP contribution in [-0.2, 0) is 4.74 Å². The van der Waals surface area contributed by atoms with Crippen LogP contribution in [0.5, 0.6) is 0 Å². The number of nitrogens with zero attached hydrogens (tertiary/aromatic N) is 2. The minimum absolute atomic E-state index is 0.139. The number of hydrogen-bond acceptors (Lipinski definition) is 5. The van der Waals surface area contributed by atoms with Crippen molar-refractivity contribution >= 4 is 28.4 Å². The van der Waals surface area contributed by atoms with Crippen LogP contribution in [0.3, 0.4) is 0 Å². The van der Waals surface area contributed by atoms with E-state index < -0.39 is 17.6 Å². The van der Waals surface area contributed by atoms with Crippen LogP contribution >= 0.6 is 0 Å². The number of esters is 1. The maximum atomic E-state index is 13.4. The predicted octanol–water partition coefficient (Wildman–Crippen LogP) is 3.75. The van der Waals surface area contributed by atoms with Gasteiger partial charge >= 0.3 is 5.97 Å². The summed E-state index contributed by atoms with van der Waals surface area (Å²) in [4.78, 5) is 20.4. The number of nitrogens with one attached hydrogen (secondary N) is 1. The lowest BCUT2D eigenvalue weighted by molar-refractivity contribution is 0.0601. The fourth-order valence-electron chi connectivity index (χ4n) is 2.34. The number of aromatic nitrogens is 2. The van der Waals surface area contributed by atoms with E-state index in [-0.39, 0.29) is 11.3 Å². The van der Waals surface area contributed by atoms with Gasteiger partial charge in [0.25, 0.3) is 0 Å². The number of fused-ring (bicyclic) bond motifs is 1. The van der Waals surface area contributed by atoms with Gasteiger partial charge in [-0.2, -0.15) is 0 Å². The average Bonchev–Trinajstić information content (AvgIpc) is 2.53. The number of carbonyl (C=O) groups excluding carboxylic acids is 1. The van der Waals surface area contributed by atoms with E-state index >= 15 is 0 Å². The normalized spacial score (nSPS) is 10.7. The highest BCUT2D eigenvalue weighted by Crippen LogP contribution is 2.29. The van der Waals surface area contributed by atoms with Crippen molar-refractivity contribution in [1.82, 2.24) is 9.97 Å². The first-order valence-corrected chi connectivity index (χ1v) is 7.05. The van der Waals surface area contributed by atoms with Gasteiger partial charge in [0.1, 0.15) is 17.2 Å². The predicted molar refractivity (Wildman–Crippen MR) is 85.3 cm³/mol. The highest BCUT2D eigenvalue weighted by molar-refractivity contribution is 6.05. The van der Waals surface area contributed by atoms with Gasteiger partial charge in [0, 0.05) is 29.0 Å². The van der Waals surface area contributed by atoms with Crippen molar-refractivity contribution in [1.29, 1.82) is 0 Å². The number of anilines is 2. The van der Waals surface area contributed by atoms with Gasteiger partial charge in [0.15, 0.2) is 5.65 Å². The summed E-state index contributed by atoms with van der Waals surface area (Å²) >= 11 is 0. The zero-order chi connectivity index (χ0) is 17.3. The molecule has 3 aromatic rings. The Morgan fingerprint density at radius 1 is 1.17 bits per heavy atom. The Morgan fingerprint density at radius 3 is 2.54 bits per heavy atom. The van der Waals surface area contributed by atoms with E-state index in [1.165, 1.54) is 13.3 Å². The van der Waals surface area contributed by atoms with E-state index in [4.69, 9.17) is 4.74 Å². The Balaban J connectivity index is 2.20. The van der Waals surface area contributed by atoms with Crippen molar-refractivity contribution in [2.75, 3.05) is 12.4 Å². The molecule has 0 saturated heterocycles. The number of halogens is 2. The van der Waals surface area contributed by atoms with Crippen LogP contribution in [0.4, 0.5) is 20.2 Å². The fraction of sp³-hybridized carbons (Fsp3) is 0.118. The number of methoxy groups -OCH3 is 1. The van der Waals surface area contributed by atoms with Gasteiger partial charge in [-0.15, -0.1) is 0 Å². The first kappa shape index (κ1) is 15.8. The number of aryl methyl sites for hydroxylation is 1. The second-order valence-corrected chi connectivity index (χ2v) is 5.15. The Labute approximate surface area is 136 Å². The number of carbonyl (C=O) groups is 1. The van der Waals surface area contributed by atoms with Crippen LogP contribution in [0.25, 0.3) is 11.0 Å². The van der Waals surface area contributed by atoms with Crippen LogP contribution in [0.2, 0.25) is 0 Å². The summed E-state index contributed by atoms with van der Waals surface area (Å²) in [5.74, 6) is -2.08. The fourth-order valence-corrected chi connectivity index (χ4v) is 2.34. The minimum Gasteiger partial charge on any atom is -0.465 e. The van der Waals surface area contributed by atoms with Crippen molar-refractivity contribution < 1.29 is 18.3 Å². The van der Waals surface area contributed by atoms with Crippen molar-refractivity contribution in [2.45, 2.75) is 6.92 Å². The summed E-state index contributed by atoms with van der Waals surface area (Å²) in [6, 6.07) is 6.50. The number of ether oxygens (including phenoxy) is 1. The van der Waals surface area contributed by atoms with Crippen LogP contribution in [0.15, 0.2) is 36.5 Å². The molecule has 1 N–H and O–H groups in total. The van der Waals surface area contributed by atoms with E-state index in [1.54, 1.807) is 12.1 Å². The molecule has 1 aromatic carbocycles. The maximum Gasteiger partial charge on any atom is 0.341 e. The zero-order valence-corrected chi connectivity index (χ0v) is 12.9. The minimum atomic E-state index is -0.732. The molecule has 0 aliphatic heterocycles. The number of rotatable bonds is 3. The lowest BCUT2D eigenvalue weighted by Crippen LogP contribution is -2.08. The van der Waals surface area contributed by atoms with Gasteiger partial charge < -0.3 is 10.1 Å². The largest absolute Gasteiger partial charge is 0.465 e. The molecular weight excluding hydrogens is 316 g/mol. The van der Waals surface area contributed by atoms with E-state index in [9.17, 15) is 13.6 Å². The molecule has 24 heavy (non-hydrogen) atoms. The van der Waals surface area contributed by atoms with Crippen LogP contribution in [0.1, 0.15) is 16.1 Å². The highest BCUT2D eigenvalue weighted by atomic mass is 19.1. The molecule has 0 amide bonds.